The average Bonchev–Trinajstić information content (AvgIpc) is 2.55. The third-order valence-corrected chi connectivity index (χ3v) is 5.21. The highest BCUT2D eigenvalue weighted by Crippen LogP contribution is 2.38. The van der Waals surface area contributed by atoms with E-state index in [1.807, 2.05) is 31.2 Å². The summed E-state index contributed by atoms with van der Waals surface area (Å²) >= 11 is 9.91. The van der Waals surface area contributed by atoms with Crippen LogP contribution in [0.1, 0.15) is 11.1 Å². The van der Waals surface area contributed by atoms with Crippen LogP contribution in [-0.2, 0) is 4.79 Å². The second-order valence-corrected chi connectivity index (χ2v) is 7.38. The van der Waals surface area contributed by atoms with E-state index in [1.165, 1.54) is 6.21 Å². The van der Waals surface area contributed by atoms with E-state index in [2.05, 4.69) is 63.6 Å². The molecule has 1 amide bonds. The molecule has 8 heteroatoms. The Morgan fingerprint density at radius 3 is 2.67 bits per heavy atom. The molecule has 24 heavy (non-hydrogen) atoms. The van der Waals surface area contributed by atoms with Crippen LogP contribution >= 0.6 is 47.8 Å². The van der Waals surface area contributed by atoms with Crippen molar-refractivity contribution in [2.45, 2.75) is 6.92 Å². The highest BCUT2D eigenvalue weighted by molar-refractivity contribution is 9.11. The minimum absolute atomic E-state index is 0.0622. The molecule has 5 nitrogen and oxygen atoms in total. The molecule has 0 unspecified atom stereocenters. The first-order chi connectivity index (χ1) is 11.4. The van der Waals surface area contributed by atoms with Gasteiger partial charge in [0.1, 0.15) is 5.75 Å². The molecule has 3 N–H and O–H groups in total. The van der Waals surface area contributed by atoms with Gasteiger partial charge in [-0.05, 0) is 56.5 Å². The Hall–Kier alpha value is -1.38. The summed E-state index contributed by atoms with van der Waals surface area (Å²) in [6, 6.07) is 9.41. The molecule has 0 bridgehead atoms. The quantitative estimate of drug-likeness (QED) is 0.401. The molecule has 0 saturated heterocycles. The van der Waals surface area contributed by atoms with Crippen molar-refractivity contribution in [2.24, 2.45) is 5.10 Å². The summed E-state index contributed by atoms with van der Waals surface area (Å²) in [6.07, 6.45) is 1.45. The lowest BCUT2D eigenvalue weighted by Gasteiger charge is -2.08. The number of aryl methyl sites for hydroxylation is 1. The van der Waals surface area contributed by atoms with Crippen molar-refractivity contribution in [3.63, 3.8) is 0 Å². The maximum Gasteiger partial charge on any atom is 0.259 e. The average molecular weight is 520 g/mol. The van der Waals surface area contributed by atoms with Gasteiger partial charge in [0, 0.05) is 15.7 Å². The Morgan fingerprint density at radius 1 is 1.25 bits per heavy atom. The van der Waals surface area contributed by atoms with E-state index in [1.54, 1.807) is 6.07 Å². The number of hydrogen-bond donors (Lipinski definition) is 3. The predicted molar refractivity (Wildman–Crippen MR) is 107 cm³/mol. The summed E-state index contributed by atoms with van der Waals surface area (Å²) in [5.41, 5.74) is 5.02. The molecule has 2 aromatic carbocycles. The standard InChI is InChI=1S/C16H14Br3N3O2/c1-9-4-2-3-5-13(9)20-8-14(23)22-21-7-10-11(17)6-12(18)16(24)15(10)19/h2-7,20,24H,8H2,1H3,(H,22,23). The number of hydrazone groups is 1. The van der Waals surface area contributed by atoms with E-state index >= 15 is 0 Å². The fourth-order valence-electron chi connectivity index (χ4n) is 1.87. The summed E-state index contributed by atoms with van der Waals surface area (Å²) in [5.74, 6) is -0.213. The Kier molecular flexibility index (Phi) is 6.82. The van der Waals surface area contributed by atoms with Gasteiger partial charge in [-0.3, -0.25) is 4.79 Å². The van der Waals surface area contributed by atoms with Crippen molar-refractivity contribution in [2.75, 3.05) is 11.9 Å². The fourth-order valence-corrected chi connectivity index (χ4v) is 4.19. The number of nitrogens with zero attached hydrogens (tertiary/aromatic N) is 1. The maximum absolute atomic E-state index is 11.8. The molecule has 0 atom stereocenters. The molecule has 2 rings (SSSR count). The molecule has 0 saturated carbocycles. The fraction of sp³-hybridized carbons (Fsp3) is 0.125. The second kappa shape index (κ2) is 8.64. The number of phenolic OH excluding ortho intramolecular Hbond substituents is 1. The van der Waals surface area contributed by atoms with E-state index in [4.69, 9.17) is 0 Å². The number of rotatable bonds is 5. The highest BCUT2D eigenvalue weighted by Gasteiger charge is 2.12. The summed E-state index contributed by atoms with van der Waals surface area (Å²) < 4.78 is 1.74. The van der Waals surface area contributed by atoms with Crippen molar-refractivity contribution in [1.29, 1.82) is 0 Å². The van der Waals surface area contributed by atoms with Crippen LogP contribution in [0.3, 0.4) is 0 Å². The van der Waals surface area contributed by atoms with Gasteiger partial charge in [0.05, 0.1) is 21.7 Å². The van der Waals surface area contributed by atoms with Crippen molar-refractivity contribution in [3.05, 3.63) is 54.9 Å². The normalized spacial score (nSPS) is 10.8. The highest BCUT2D eigenvalue weighted by atomic mass is 79.9. The first-order valence-electron chi connectivity index (χ1n) is 6.88. The van der Waals surface area contributed by atoms with Crippen molar-refractivity contribution < 1.29 is 9.90 Å². The molecule has 2 aromatic rings. The maximum atomic E-state index is 11.8. The number of carbonyl (C=O) groups excluding carboxylic acids is 1. The number of hydrogen-bond acceptors (Lipinski definition) is 4. The largest absolute Gasteiger partial charge is 0.506 e. The second-order valence-electron chi connectivity index (χ2n) is 4.88. The first-order valence-corrected chi connectivity index (χ1v) is 9.26. The predicted octanol–water partition coefficient (Wildman–Crippen LogP) is 4.55. The van der Waals surface area contributed by atoms with Gasteiger partial charge < -0.3 is 10.4 Å². The molecule has 0 fully saturated rings. The Balaban J connectivity index is 1.96. The zero-order chi connectivity index (χ0) is 17.7. The van der Waals surface area contributed by atoms with Gasteiger partial charge in [-0.25, -0.2) is 5.43 Å². The Bertz CT molecular complexity index is 794. The lowest BCUT2D eigenvalue weighted by molar-refractivity contribution is -0.119. The van der Waals surface area contributed by atoms with Gasteiger partial charge >= 0.3 is 0 Å². The van der Waals surface area contributed by atoms with E-state index in [9.17, 15) is 9.90 Å². The van der Waals surface area contributed by atoms with Gasteiger partial charge in [-0.15, -0.1) is 0 Å². The lowest BCUT2D eigenvalue weighted by Crippen LogP contribution is -2.26. The summed E-state index contributed by atoms with van der Waals surface area (Å²) in [7, 11) is 0. The van der Waals surface area contributed by atoms with E-state index in [0.29, 0.717) is 14.5 Å². The zero-order valence-electron chi connectivity index (χ0n) is 12.6. The van der Waals surface area contributed by atoms with E-state index in [-0.39, 0.29) is 18.2 Å². The molecule has 0 aliphatic rings. The number of phenols is 1. The molecule has 126 valence electrons. The van der Waals surface area contributed by atoms with Gasteiger partial charge in [0.2, 0.25) is 0 Å². The molecule has 0 aliphatic heterocycles. The number of carbonyl (C=O) groups is 1. The van der Waals surface area contributed by atoms with Crippen LogP contribution in [-0.4, -0.2) is 23.8 Å². The van der Waals surface area contributed by atoms with Crippen LogP contribution in [0.2, 0.25) is 0 Å². The number of nitrogens with one attached hydrogen (secondary N) is 2. The van der Waals surface area contributed by atoms with E-state index < -0.39 is 0 Å². The SMILES string of the molecule is Cc1ccccc1NCC(=O)NN=Cc1c(Br)cc(Br)c(O)c1Br. The summed E-state index contributed by atoms with van der Waals surface area (Å²) in [6.45, 7) is 2.07. The summed E-state index contributed by atoms with van der Waals surface area (Å²) in [4.78, 5) is 11.8. The number of benzene rings is 2. The number of para-hydroxylation sites is 1. The van der Waals surface area contributed by atoms with Crippen LogP contribution < -0.4 is 10.7 Å². The van der Waals surface area contributed by atoms with Crippen LogP contribution in [0.4, 0.5) is 5.69 Å². The number of halogens is 3. The molecule has 0 heterocycles. The van der Waals surface area contributed by atoms with Crippen LogP contribution in [0, 0.1) is 6.92 Å². The van der Waals surface area contributed by atoms with Crippen LogP contribution in [0.5, 0.6) is 5.75 Å². The molecule has 0 aromatic heterocycles. The first kappa shape index (κ1) is 19.0. The Labute approximate surface area is 164 Å². The van der Waals surface area contributed by atoms with Crippen LogP contribution in [0.15, 0.2) is 48.9 Å². The van der Waals surface area contributed by atoms with Gasteiger partial charge in [-0.1, -0.05) is 34.1 Å². The van der Waals surface area contributed by atoms with Gasteiger partial charge in [0.25, 0.3) is 5.91 Å². The van der Waals surface area contributed by atoms with Crippen molar-refractivity contribution in [3.8, 4) is 5.75 Å². The number of amides is 1. The smallest absolute Gasteiger partial charge is 0.259 e. The molecule has 0 spiro atoms. The van der Waals surface area contributed by atoms with Crippen molar-refractivity contribution >= 4 is 65.6 Å². The molecular formula is C16H14Br3N3O2. The molecule has 0 radical (unpaired) electrons. The van der Waals surface area contributed by atoms with Gasteiger partial charge in [0.15, 0.2) is 0 Å². The topological polar surface area (TPSA) is 73.7 Å². The van der Waals surface area contributed by atoms with E-state index in [0.717, 1.165) is 15.7 Å². The number of anilines is 1. The minimum atomic E-state index is -0.275. The van der Waals surface area contributed by atoms with Crippen molar-refractivity contribution in [1.82, 2.24) is 5.43 Å². The molecule has 0 aliphatic carbocycles. The minimum Gasteiger partial charge on any atom is -0.506 e. The lowest BCUT2D eigenvalue weighted by atomic mass is 10.2. The zero-order valence-corrected chi connectivity index (χ0v) is 17.4. The monoisotopic (exact) mass is 517 g/mol. The Morgan fingerprint density at radius 2 is 1.96 bits per heavy atom. The van der Waals surface area contributed by atoms with Gasteiger partial charge in [-0.2, -0.15) is 5.10 Å². The summed E-state index contributed by atoms with van der Waals surface area (Å²) in [5, 5.41) is 16.9. The third kappa shape index (κ3) is 4.81. The third-order valence-electron chi connectivity index (χ3n) is 3.15. The molecular weight excluding hydrogens is 506 g/mol. The number of aromatic hydroxyl groups is 1. The van der Waals surface area contributed by atoms with Crippen LogP contribution in [0.25, 0.3) is 0 Å².